The van der Waals surface area contributed by atoms with Crippen molar-refractivity contribution in [1.82, 2.24) is 10.5 Å². The molecule has 4 aromatic rings. The molecule has 2 aromatic heterocycles. The summed E-state index contributed by atoms with van der Waals surface area (Å²) < 4.78 is 6.74. The second kappa shape index (κ2) is 6.66. The van der Waals surface area contributed by atoms with Gasteiger partial charge in [0.25, 0.3) is 5.91 Å². The Balaban J connectivity index is 1.63. The van der Waals surface area contributed by atoms with Crippen LogP contribution in [0.3, 0.4) is 0 Å². The van der Waals surface area contributed by atoms with Gasteiger partial charge in [-0.05, 0) is 42.0 Å². The molecule has 1 N–H and O–H groups in total. The lowest BCUT2D eigenvalue weighted by atomic mass is 10.1. The number of hydroxylamine groups is 1. The number of rotatable bonds is 4. The highest BCUT2D eigenvalue weighted by Crippen LogP contribution is 2.33. The summed E-state index contributed by atoms with van der Waals surface area (Å²) in [5.41, 5.74) is 5.25. The van der Waals surface area contributed by atoms with E-state index in [1.807, 2.05) is 36.4 Å². The first-order chi connectivity index (χ1) is 12.2. The van der Waals surface area contributed by atoms with Crippen LogP contribution in [0.2, 0.25) is 0 Å². The number of pyridine rings is 1. The fraction of sp³-hybridized carbons (Fsp3) is 0.0526. The molecule has 6 heteroatoms. The van der Waals surface area contributed by atoms with Crippen LogP contribution < -0.4 is 5.48 Å². The Morgan fingerprint density at radius 3 is 2.92 bits per heavy atom. The highest BCUT2D eigenvalue weighted by molar-refractivity contribution is 9.10. The van der Waals surface area contributed by atoms with Crippen molar-refractivity contribution in [3.63, 3.8) is 0 Å². The SMILES string of the molecule is O=C(NOCc1cccnc1)c1cccc2oc3ccc(Br)cc3c12. The second-order valence-electron chi connectivity index (χ2n) is 5.50. The number of carbonyl (C=O) groups is 1. The molecule has 0 aliphatic carbocycles. The van der Waals surface area contributed by atoms with Crippen molar-refractivity contribution < 1.29 is 14.0 Å². The quantitative estimate of drug-likeness (QED) is 0.511. The molecule has 4 rings (SSSR count). The molecule has 0 aliphatic rings. The molecule has 1 amide bonds. The van der Waals surface area contributed by atoms with Crippen LogP contribution in [-0.2, 0) is 11.4 Å². The minimum atomic E-state index is -0.322. The first-order valence-corrected chi connectivity index (χ1v) is 8.43. The van der Waals surface area contributed by atoms with E-state index in [1.165, 1.54) is 0 Å². The summed E-state index contributed by atoms with van der Waals surface area (Å²) in [6.45, 7) is 0.243. The molecule has 0 fully saturated rings. The van der Waals surface area contributed by atoms with Gasteiger partial charge < -0.3 is 4.42 Å². The van der Waals surface area contributed by atoms with E-state index in [4.69, 9.17) is 9.25 Å². The second-order valence-corrected chi connectivity index (χ2v) is 6.42. The smallest absolute Gasteiger partial charge is 0.275 e. The van der Waals surface area contributed by atoms with Crippen molar-refractivity contribution in [2.75, 3.05) is 0 Å². The number of fused-ring (bicyclic) bond motifs is 3. The summed E-state index contributed by atoms with van der Waals surface area (Å²) in [7, 11) is 0. The van der Waals surface area contributed by atoms with E-state index in [2.05, 4.69) is 26.4 Å². The molecular formula is C19H13BrN2O3. The third-order valence-electron chi connectivity index (χ3n) is 3.83. The summed E-state index contributed by atoms with van der Waals surface area (Å²) in [6, 6.07) is 14.8. The molecule has 0 spiro atoms. The van der Waals surface area contributed by atoms with Gasteiger partial charge in [-0.15, -0.1) is 0 Å². The van der Waals surface area contributed by atoms with Crippen molar-refractivity contribution in [3.05, 3.63) is 76.5 Å². The van der Waals surface area contributed by atoms with Gasteiger partial charge in [0, 0.05) is 27.6 Å². The molecule has 2 aromatic carbocycles. The summed E-state index contributed by atoms with van der Waals surface area (Å²) >= 11 is 3.46. The molecule has 0 radical (unpaired) electrons. The van der Waals surface area contributed by atoms with Crippen molar-refractivity contribution in [2.45, 2.75) is 6.61 Å². The molecule has 0 unspecified atom stereocenters. The zero-order chi connectivity index (χ0) is 17.2. The van der Waals surface area contributed by atoms with E-state index in [1.54, 1.807) is 24.5 Å². The minimum Gasteiger partial charge on any atom is -0.456 e. The third-order valence-corrected chi connectivity index (χ3v) is 4.32. The van der Waals surface area contributed by atoms with Crippen LogP contribution in [0.4, 0.5) is 0 Å². The van der Waals surface area contributed by atoms with Gasteiger partial charge in [0.2, 0.25) is 0 Å². The fourth-order valence-electron chi connectivity index (χ4n) is 2.71. The van der Waals surface area contributed by atoms with Crippen molar-refractivity contribution in [3.8, 4) is 0 Å². The van der Waals surface area contributed by atoms with E-state index in [0.717, 1.165) is 26.4 Å². The fourth-order valence-corrected chi connectivity index (χ4v) is 3.07. The van der Waals surface area contributed by atoms with Gasteiger partial charge >= 0.3 is 0 Å². The summed E-state index contributed by atoms with van der Waals surface area (Å²) in [6.07, 6.45) is 3.37. The van der Waals surface area contributed by atoms with E-state index < -0.39 is 0 Å². The topological polar surface area (TPSA) is 64.4 Å². The first-order valence-electron chi connectivity index (χ1n) is 7.64. The van der Waals surface area contributed by atoms with Crippen molar-refractivity contribution in [1.29, 1.82) is 0 Å². The van der Waals surface area contributed by atoms with Gasteiger partial charge in [-0.3, -0.25) is 14.6 Å². The van der Waals surface area contributed by atoms with Crippen LogP contribution in [0.1, 0.15) is 15.9 Å². The van der Waals surface area contributed by atoms with Crippen LogP contribution in [0.5, 0.6) is 0 Å². The standard InChI is InChI=1S/C19H13BrN2O3/c20-13-6-7-16-15(9-13)18-14(4-1-5-17(18)25-16)19(23)22-24-11-12-3-2-8-21-10-12/h1-10H,11H2,(H,22,23). The number of carbonyl (C=O) groups excluding carboxylic acids is 1. The van der Waals surface area contributed by atoms with E-state index in [0.29, 0.717) is 11.1 Å². The third kappa shape index (κ3) is 3.14. The average Bonchev–Trinajstić information content (AvgIpc) is 3.00. The van der Waals surface area contributed by atoms with Gasteiger partial charge in [-0.1, -0.05) is 28.1 Å². The molecule has 0 bridgehead atoms. The molecule has 0 aliphatic heterocycles. The Labute approximate surface area is 151 Å². The van der Waals surface area contributed by atoms with Crippen LogP contribution in [0, 0.1) is 0 Å². The molecule has 124 valence electrons. The predicted octanol–water partition coefficient (Wildman–Crippen LogP) is 4.61. The molecule has 0 saturated carbocycles. The van der Waals surface area contributed by atoms with Gasteiger partial charge in [0.1, 0.15) is 17.8 Å². The minimum absolute atomic E-state index is 0.243. The number of aromatic nitrogens is 1. The maximum Gasteiger partial charge on any atom is 0.275 e. The highest BCUT2D eigenvalue weighted by Gasteiger charge is 2.16. The van der Waals surface area contributed by atoms with Gasteiger partial charge in [0.05, 0.1) is 5.56 Å². The number of halogens is 1. The van der Waals surface area contributed by atoms with Crippen LogP contribution >= 0.6 is 15.9 Å². The molecule has 0 atom stereocenters. The number of hydrogen-bond acceptors (Lipinski definition) is 4. The van der Waals surface area contributed by atoms with Gasteiger partial charge in [0.15, 0.2) is 0 Å². The molecule has 5 nitrogen and oxygen atoms in total. The summed E-state index contributed by atoms with van der Waals surface area (Å²) in [5.74, 6) is -0.322. The van der Waals surface area contributed by atoms with E-state index in [-0.39, 0.29) is 12.5 Å². The number of nitrogens with zero attached hydrogens (tertiary/aromatic N) is 1. The van der Waals surface area contributed by atoms with Crippen molar-refractivity contribution in [2.24, 2.45) is 0 Å². The van der Waals surface area contributed by atoms with E-state index in [9.17, 15) is 4.79 Å². The molecule has 25 heavy (non-hydrogen) atoms. The highest BCUT2D eigenvalue weighted by atomic mass is 79.9. The van der Waals surface area contributed by atoms with Gasteiger partial charge in [-0.25, -0.2) is 5.48 Å². The number of benzene rings is 2. The Kier molecular flexibility index (Phi) is 4.21. The maximum absolute atomic E-state index is 12.6. The van der Waals surface area contributed by atoms with Crippen molar-refractivity contribution >= 4 is 43.8 Å². The molecule has 2 heterocycles. The van der Waals surface area contributed by atoms with Crippen LogP contribution in [0.25, 0.3) is 21.9 Å². The summed E-state index contributed by atoms with van der Waals surface area (Å²) in [5, 5.41) is 1.64. The monoisotopic (exact) mass is 396 g/mol. The number of nitrogens with one attached hydrogen (secondary N) is 1. The Hall–Kier alpha value is -2.70. The lowest BCUT2D eigenvalue weighted by Gasteiger charge is -2.07. The van der Waals surface area contributed by atoms with Crippen LogP contribution in [-0.4, -0.2) is 10.9 Å². The molecule has 0 saturated heterocycles. The number of furan rings is 1. The van der Waals surface area contributed by atoms with Gasteiger partial charge in [-0.2, -0.15) is 0 Å². The number of hydrogen-bond donors (Lipinski definition) is 1. The largest absolute Gasteiger partial charge is 0.456 e. The van der Waals surface area contributed by atoms with Crippen LogP contribution in [0.15, 0.2) is 69.8 Å². The lowest BCUT2D eigenvalue weighted by Crippen LogP contribution is -2.23. The van der Waals surface area contributed by atoms with E-state index >= 15 is 0 Å². The normalized spacial score (nSPS) is 11.1. The zero-order valence-corrected chi connectivity index (χ0v) is 14.6. The predicted molar refractivity (Wildman–Crippen MR) is 97.9 cm³/mol. The maximum atomic E-state index is 12.6. The Morgan fingerprint density at radius 2 is 2.08 bits per heavy atom. The molecular weight excluding hydrogens is 384 g/mol. The Bertz CT molecular complexity index is 1060. The average molecular weight is 397 g/mol. The number of amides is 1. The lowest BCUT2D eigenvalue weighted by molar-refractivity contribution is 0.0234. The Morgan fingerprint density at radius 1 is 1.16 bits per heavy atom. The first kappa shape index (κ1) is 15.8. The zero-order valence-electron chi connectivity index (χ0n) is 13.0. The summed E-state index contributed by atoms with van der Waals surface area (Å²) in [4.78, 5) is 21.9.